The standard InChI is InChI=1S/C18H23NO3/c1-12-7-8-15-17(21)19(2)16(20)11-18(15,10-12)13-5-4-6-14(9-13)22-3/h4-6,9,12,15H,7-8,10-11H2,1-3H3. The van der Waals surface area contributed by atoms with E-state index in [-0.39, 0.29) is 23.1 Å². The van der Waals surface area contributed by atoms with E-state index >= 15 is 0 Å². The smallest absolute Gasteiger partial charge is 0.232 e. The van der Waals surface area contributed by atoms with Crippen LogP contribution >= 0.6 is 0 Å². The first-order valence-corrected chi connectivity index (χ1v) is 7.93. The maximum absolute atomic E-state index is 12.7. The summed E-state index contributed by atoms with van der Waals surface area (Å²) in [4.78, 5) is 26.4. The average Bonchev–Trinajstić information content (AvgIpc) is 2.52. The van der Waals surface area contributed by atoms with Gasteiger partial charge in [-0.25, -0.2) is 0 Å². The minimum Gasteiger partial charge on any atom is -0.497 e. The van der Waals surface area contributed by atoms with Crippen molar-refractivity contribution in [3.63, 3.8) is 0 Å². The van der Waals surface area contributed by atoms with Gasteiger partial charge in [-0.3, -0.25) is 14.5 Å². The van der Waals surface area contributed by atoms with Gasteiger partial charge in [0.2, 0.25) is 11.8 Å². The third kappa shape index (κ3) is 2.21. The van der Waals surface area contributed by atoms with Crippen molar-refractivity contribution >= 4 is 11.8 Å². The summed E-state index contributed by atoms with van der Waals surface area (Å²) in [5.74, 6) is 1.11. The van der Waals surface area contributed by atoms with E-state index in [1.165, 1.54) is 4.90 Å². The summed E-state index contributed by atoms with van der Waals surface area (Å²) >= 11 is 0. The second kappa shape index (κ2) is 5.41. The number of piperidine rings is 1. The molecule has 4 nitrogen and oxygen atoms in total. The van der Waals surface area contributed by atoms with Gasteiger partial charge in [0.05, 0.1) is 7.11 Å². The Kier molecular flexibility index (Phi) is 3.71. The number of likely N-dealkylation sites (tertiary alicyclic amines) is 1. The molecule has 3 rings (SSSR count). The maximum atomic E-state index is 12.7. The second-order valence-electron chi connectivity index (χ2n) is 6.80. The van der Waals surface area contributed by atoms with Crippen molar-refractivity contribution in [1.29, 1.82) is 0 Å². The lowest BCUT2D eigenvalue weighted by Gasteiger charge is -2.50. The Bertz CT molecular complexity index is 612. The fourth-order valence-corrected chi connectivity index (χ4v) is 4.25. The van der Waals surface area contributed by atoms with Crippen LogP contribution in [0.1, 0.15) is 38.2 Å². The molecule has 3 atom stereocenters. The maximum Gasteiger partial charge on any atom is 0.232 e. The molecule has 0 aromatic heterocycles. The number of methoxy groups -OCH3 is 1. The molecule has 1 aromatic rings. The Hall–Kier alpha value is -1.84. The predicted molar refractivity (Wildman–Crippen MR) is 83.6 cm³/mol. The largest absolute Gasteiger partial charge is 0.497 e. The van der Waals surface area contributed by atoms with E-state index in [4.69, 9.17) is 4.74 Å². The Balaban J connectivity index is 2.11. The van der Waals surface area contributed by atoms with Crippen molar-refractivity contribution in [3.05, 3.63) is 29.8 Å². The van der Waals surface area contributed by atoms with Gasteiger partial charge >= 0.3 is 0 Å². The lowest BCUT2D eigenvalue weighted by Crippen LogP contribution is -2.57. The zero-order valence-corrected chi connectivity index (χ0v) is 13.5. The zero-order chi connectivity index (χ0) is 15.9. The highest BCUT2D eigenvalue weighted by Gasteiger charge is 2.53. The van der Waals surface area contributed by atoms with Crippen LogP contribution in [0.5, 0.6) is 5.75 Å². The number of ether oxygens (including phenoxy) is 1. The van der Waals surface area contributed by atoms with Crippen molar-refractivity contribution in [2.24, 2.45) is 11.8 Å². The Morgan fingerprint density at radius 2 is 2.05 bits per heavy atom. The quantitative estimate of drug-likeness (QED) is 0.789. The Morgan fingerprint density at radius 1 is 1.27 bits per heavy atom. The number of fused-ring (bicyclic) bond motifs is 1. The first kappa shape index (κ1) is 15.1. The molecule has 4 heteroatoms. The number of benzene rings is 1. The highest BCUT2D eigenvalue weighted by Crippen LogP contribution is 2.51. The highest BCUT2D eigenvalue weighted by atomic mass is 16.5. The molecule has 1 heterocycles. The molecule has 1 aliphatic carbocycles. The van der Waals surface area contributed by atoms with Crippen LogP contribution in [0, 0.1) is 11.8 Å². The molecule has 1 aromatic carbocycles. The molecule has 1 saturated heterocycles. The van der Waals surface area contributed by atoms with Crippen LogP contribution in [0.25, 0.3) is 0 Å². The zero-order valence-electron chi connectivity index (χ0n) is 13.5. The van der Waals surface area contributed by atoms with E-state index in [1.54, 1.807) is 14.2 Å². The van der Waals surface area contributed by atoms with Gasteiger partial charge < -0.3 is 4.74 Å². The minimum absolute atomic E-state index is 0.0223. The van der Waals surface area contributed by atoms with Crippen LogP contribution in [0.2, 0.25) is 0 Å². The fourth-order valence-electron chi connectivity index (χ4n) is 4.25. The van der Waals surface area contributed by atoms with E-state index in [0.717, 1.165) is 30.6 Å². The first-order chi connectivity index (χ1) is 10.5. The third-order valence-electron chi connectivity index (χ3n) is 5.44. The number of carbonyl (C=O) groups is 2. The first-order valence-electron chi connectivity index (χ1n) is 7.93. The third-order valence-corrected chi connectivity index (χ3v) is 5.44. The predicted octanol–water partition coefficient (Wildman–Crippen LogP) is 2.76. The number of amides is 2. The molecule has 3 unspecified atom stereocenters. The van der Waals surface area contributed by atoms with Crippen LogP contribution in [0.4, 0.5) is 0 Å². The molecule has 22 heavy (non-hydrogen) atoms. The van der Waals surface area contributed by atoms with Crippen LogP contribution in [-0.4, -0.2) is 30.9 Å². The normalized spacial score (nSPS) is 31.9. The summed E-state index contributed by atoms with van der Waals surface area (Å²) in [5, 5.41) is 0. The molecule has 1 aliphatic heterocycles. The van der Waals surface area contributed by atoms with Crippen molar-refractivity contribution in [3.8, 4) is 5.75 Å². The number of imide groups is 1. The number of rotatable bonds is 2. The lowest BCUT2D eigenvalue weighted by atomic mass is 9.56. The summed E-state index contributed by atoms with van der Waals surface area (Å²) in [6.07, 6.45) is 3.20. The van der Waals surface area contributed by atoms with E-state index < -0.39 is 0 Å². The van der Waals surface area contributed by atoms with Crippen molar-refractivity contribution < 1.29 is 14.3 Å². The van der Waals surface area contributed by atoms with Gasteiger partial charge in [0.25, 0.3) is 0 Å². The minimum atomic E-state index is -0.368. The molecule has 2 amide bonds. The van der Waals surface area contributed by atoms with E-state index in [9.17, 15) is 9.59 Å². The molecule has 0 bridgehead atoms. The van der Waals surface area contributed by atoms with Gasteiger partial charge in [0.1, 0.15) is 5.75 Å². The molecule has 118 valence electrons. The summed E-state index contributed by atoms with van der Waals surface area (Å²) in [6.45, 7) is 2.21. The van der Waals surface area contributed by atoms with Crippen LogP contribution in [-0.2, 0) is 15.0 Å². The monoisotopic (exact) mass is 301 g/mol. The van der Waals surface area contributed by atoms with E-state index in [0.29, 0.717) is 12.3 Å². The van der Waals surface area contributed by atoms with Gasteiger partial charge in [-0.05, 0) is 42.9 Å². The summed E-state index contributed by atoms with van der Waals surface area (Å²) in [5.41, 5.74) is 0.700. The topological polar surface area (TPSA) is 46.6 Å². The van der Waals surface area contributed by atoms with Crippen molar-refractivity contribution in [1.82, 2.24) is 4.90 Å². The molecular formula is C18H23NO3. The number of carbonyl (C=O) groups excluding carboxylic acids is 2. The molecular weight excluding hydrogens is 278 g/mol. The molecule has 0 radical (unpaired) electrons. The van der Waals surface area contributed by atoms with Crippen LogP contribution in [0.3, 0.4) is 0 Å². The highest BCUT2D eigenvalue weighted by molar-refractivity contribution is 6.00. The Labute approximate surface area is 131 Å². The molecule has 0 N–H and O–H groups in total. The van der Waals surface area contributed by atoms with Crippen molar-refractivity contribution in [2.45, 2.75) is 38.0 Å². The molecule has 2 fully saturated rings. The summed E-state index contributed by atoms with van der Waals surface area (Å²) in [6, 6.07) is 7.89. The van der Waals surface area contributed by atoms with Gasteiger partial charge in [-0.1, -0.05) is 19.1 Å². The second-order valence-corrected chi connectivity index (χ2v) is 6.80. The van der Waals surface area contributed by atoms with Gasteiger partial charge in [0, 0.05) is 24.8 Å². The van der Waals surface area contributed by atoms with Crippen LogP contribution < -0.4 is 4.74 Å². The summed E-state index contributed by atoms with van der Waals surface area (Å²) < 4.78 is 5.34. The van der Waals surface area contributed by atoms with E-state index in [1.807, 2.05) is 24.3 Å². The molecule has 1 saturated carbocycles. The van der Waals surface area contributed by atoms with E-state index in [2.05, 4.69) is 6.92 Å². The number of hydrogen-bond acceptors (Lipinski definition) is 3. The lowest BCUT2D eigenvalue weighted by molar-refractivity contribution is -0.156. The molecule has 2 aliphatic rings. The van der Waals surface area contributed by atoms with Crippen molar-refractivity contribution in [2.75, 3.05) is 14.2 Å². The number of nitrogens with zero attached hydrogens (tertiary/aromatic N) is 1. The van der Waals surface area contributed by atoms with Crippen LogP contribution in [0.15, 0.2) is 24.3 Å². The van der Waals surface area contributed by atoms with Gasteiger partial charge in [0.15, 0.2) is 0 Å². The van der Waals surface area contributed by atoms with Gasteiger partial charge in [-0.2, -0.15) is 0 Å². The average molecular weight is 301 g/mol. The SMILES string of the molecule is COc1cccc(C23CC(=O)N(C)C(=O)C2CCC(C)C3)c1. The molecule has 0 spiro atoms. The Morgan fingerprint density at radius 3 is 2.77 bits per heavy atom. The van der Waals surface area contributed by atoms with Gasteiger partial charge in [-0.15, -0.1) is 0 Å². The number of hydrogen-bond donors (Lipinski definition) is 0. The summed E-state index contributed by atoms with van der Waals surface area (Å²) in [7, 11) is 3.25. The fraction of sp³-hybridized carbons (Fsp3) is 0.556.